The van der Waals surface area contributed by atoms with Gasteiger partial charge in [0.05, 0.1) is 18.1 Å². The molecule has 0 radical (unpaired) electrons. The molecule has 1 fully saturated rings. The van der Waals surface area contributed by atoms with Gasteiger partial charge in [-0.3, -0.25) is 10.1 Å². The normalized spacial score (nSPS) is 20.0. The Morgan fingerprint density at radius 1 is 1.46 bits per heavy atom. The molecule has 2 unspecified atom stereocenters. The van der Waals surface area contributed by atoms with Crippen molar-refractivity contribution < 1.29 is 18.1 Å². The van der Waals surface area contributed by atoms with Crippen LogP contribution in [0.25, 0.3) is 0 Å². The topological polar surface area (TPSA) is 116 Å². The predicted molar refractivity (Wildman–Crippen MR) is 92.0 cm³/mol. The molecular formula is C14H22ClN3O5S. The molecule has 0 aliphatic carbocycles. The average molecular weight is 380 g/mol. The van der Waals surface area contributed by atoms with Crippen molar-refractivity contribution in [1.82, 2.24) is 4.31 Å². The first-order chi connectivity index (χ1) is 10.8. The Kier molecular flexibility index (Phi) is 6.97. The molecule has 8 nitrogen and oxygen atoms in total. The van der Waals surface area contributed by atoms with Crippen LogP contribution in [-0.4, -0.2) is 43.9 Å². The minimum atomic E-state index is -3.95. The molecule has 2 N–H and O–H groups in total. The largest absolute Gasteiger partial charge is 0.497 e. The monoisotopic (exact) mass is 379 g/mol. The molecule has 0 aromatic heterocycles. The molecule has 0 amide bonds. The number of nitrogens with zero attached hydrogens (tertiary/aromatic N) is 2. The van der Waals surface area contributed by atoms with E-state index in [0.717, 1.165) is 12.5 Å². The molecule has 2 atom stereocenters. The average Bonchev–Trinajstić information content (AvgIpc) is 2.54. The second kappa shape index (κ2) is 8.11. The molecule has 0 saturated carbocycles. The predicted octanol–water partition coefficient (Wildman–Crippen LogP) is 1.77. The van der Waals surface area contributed by atoms with Gasteiger partial charge in [-0.15, -0.1) is 12.4 Å². The Morgan fingerprint density at radius 3 is 2.67 bits per heavy atom. The van der Waals surface area contributed by atoms with Crippen LogP contribution in [0, 0.1) is 16.0 Å². The maximum absolute atomic E-state index is 12.8. The van der Waals surface area contributed by atoms with E-state index in [4.69, 9.17) is 10.5 Å². The smallest absolute Gasteiger partial charge is 0.293 e. The molecule has 24 heavy (non-hydrogen) atoms. The number of hydrogen-bond acceptors (Lipinski definition) is 6. The minimum absolute atomic E-state index is 0. The fraction of sp³-hybridized carbons (Fsp3) is 0.571. The van der Waals surface area contributed by atoms with Crippen LogP contribution in [0.4, 0.5) is 5.69 Å². The van der Waals surface area contributed by atoms with Crippen LogP contribution in [0.5, 0.6) is 5.75 Å². The lowest BCUT2D eigenvalue weighted by molar-refractivity contribution is -0.387. The molecular weight excluding hydrogens is 358 g/mol. The van der Waals surface area contributed by atoms with Crippen LogP contribution in [0.15, 0.2) is 23.1 Å². The quantitative estimate of drug-likeness (QED) is 0.615. The van der Waals surface area contributed by atoms with E-state index in [1.807, 2.05) is 6.92 Å². The van der Waals surface area contributed by atoms with Crippen molar-refractivity contribution in [2.24, 2.45) is 11.7 Å². The summed E-state index contributed by atoms with van der Waals surface area (Å²) >= 11 is 0. The molecule has 1 aromatic rings. The molecule has 1 aliphatic heterocycles. The summed E-state index contributed by atoms with van der Waals surface area (Å²) in [6, 6.07) is 3.63. The highest BCUT2D eigenvalue weighted by atomic mass is 35.5. The second-order valence-corrected chi connectivity index (χ2v) is 7.62. The van der Waals surface area contributed by atoms with E-state index in [0.29, 0.717) is 13.0 Å². The number of benzene rings is 1. The van der Waals surface area contributed by atoms with Crippen LogP contribution in [0.1, 0.15) is 19.8 Å². The fourth-order valence-electron chi connectivity index (χ4n) is 2.75. The van der Waals surface area contributed by atoms with Gasteiger partial charge in [0.1, 0.15) is 5.75 Å². The van der Waals surface area contributed by atoms with Crippen LogP contribution in [0.2, 0.25) is 0 Å². The highest BCUT2D eigenvalue weighted by molar-refractivity contribution is 7.89. The third-order valence-corrected chi connectivity index (χ3v) is 6.06. The van der Waals surface area contributed by atoms with Gasteiger partial charge >= 0.3 is 0 Å². The van der Waals surface area contributed by atoms with Crippen molar-refractivity contribution in [3.8, 4) is 5.75 Å². The Balaban J connectivity index is 0.00000288. The first kappa shape index (κ1) is 20.6. The number of methoxy groups -OCH3 is 1. The number of ether oxygens (including phenoxy) is 1. The Hall–Kier alpha value is -1.42. The molecule has 10 heteroatoms. The summed E-state index contributed by atoms with van der Waals surface area (Å²) in [7, 11) is -2.58. The fourth-order valence-corrected chi connectivity index (χ4v) is 4.42. The summed E-state index contributed by atoms with van der Waals surface area (Å²) in [5.41, 5.74) is 5.40. The van der Waals surface area contributed by atoms with Crippen LogP contribution in [0.3, 0.4) is 0 Å². The van der Waals surface area contributed by atoms with E-state index < -0.39 is 20.6 Å². The SMILES string of the molecule is COc1ccc(S(=O)(=O)N2CCCC(C(C)N)C2)c([N+](=O)[O-])c1.Cl. The highest BCUT2D eigenvalue weighted by Gasteiger charge is 2.35. The van der Waals surface area contributed by atoms with Gasteiger partial charge in [0.15, 0.2) is 4.90 Å². The molecule has 136 valence electrons. The van der Waals surface area contributed by atoms with E-state index in [-0.39, 0.29) is 41.6 Å². The number of sulfonamides is 1. The number of nitrogens with two attached hydrogens (primary N) is 1. The number of nitro benzene ring substituents is 1. The van der Waals surface area contributed by atoms with Crippen LogP contribution >= 0.6 is 12.4 Å². The minimum Gasteiger partial charge on any atom is -0.497 e. The van der Waals surface area contributed by atoms with Crippen molar-refractivity contribution in [1.29, 1.82) is 0 Å². The highest BCUT2D eigenvalue weighted by Crippen LogP contribution is 2.32. The van der Waals surface area contributed by atoms with Gasteiger partial charge in [0, 0.05) is 19.1 Å². The summed E-state index contributed by atoms with van der Waals surface area (Å²) in [5.74, 6) is 0.290. The zero-order valence-corrected chi connectivity index (χ0v) is 15.2. The van der Waals surface area contributed by atoms with Crippen molar-refractivity contribution in [2.45, 2.75) is 30.7 Å². The maximum atomic E-state index is 12.8. The number of rotatable bonds is 5. The van der Waals surface area contributed by atoms with Gasteiger partial charge in [-0.05, 0) is 37.8 Å². The van der Waals surface area contributed by atoms with E-state index in [9.17, 15) is 18.5 Å². The lowest BCUT2D eigenvalue weighted by Crippen LogP contribution is -2.45. The molecule has 1 aliphatic rings. The number of nitro groups is 1. The zero-order valence-electron chi connectivity index (χ0n) is 13.5. The third-order valence-electron chi connectivity index (χ3n) is 4.14. The van der Waals surface area contributed by atoms with E-state index in [2.05, 4.69) is 0 Å². The van der Waals surface area contributed by atoms with Gasteiger partial charge in [-0.1, -0.05) is 0 Å². The maximum Gasteiger partial charge on any atom is 0.293 e. The zero-order chi connectivity index (χ0) is 17.2. The van der Waals surface area contributed by atoms with Crippen molar-refractivity contribution in [2.75, 3.05) is 20.2 Å². The molecule has 0 spiro atoms. The van der Waals surface area contributed by atoms with Crippen LogP contribution in [-0.2, 0) is 10.0 Å². The standard InChI is InChI=1S/C14H21N3O5S.ClH/c1-10(15)11-4-3-7-16(9-11)23(20,21)14-6-5-12(22-2)8-13(14)17(18)19;/h5-6,8,10-11H,3-4,7,9,15H2,1-2H3;1H. The molecule has 1 aromatic carbocycles. The van der Waals surface area contributed by atoms with Crippen molar-refractivity contribution >= 4 is 28.1 Å². The van der Waals surface area contributed by atoms with E-state index in [1.54, 1.807) is 0 Å². The molecule has 1 heterocycles. The Morgan fingerprint density at radius 2 is 2.12 bits per heavy atom. The van der Waals surface area contributed by atoms with Gasteiger partial charge < -0.3 is 10.5 Å². The summed E-state index contributed by atoms with van der Waals surface area (Å²) < 4.78 is 31.9. The molecule has 0 bridgehead atoms. The van der Waals surface area contributed by atoms with Crippen molar-refractivity contribution in [3.05, 3.63) is 28.3 Å². The summed E-state index contributed by atoms with van der Waals surface area (Å²) in [6.07, 6.45) is 1.55. The summed E-state index contributed by atoms with van der Waals surface area (Å²) in [6.45, 7) is 2.47. The second-order valence-electron chi connectivity index (χ2n) is 5.72. The summed E-state index contributed by atoms with van der Waals surface area (Å²) in [4.78, 5) is 10.2. The Labute approximate surface area is 147 Å². The third kappa shape index (κ3) is 4.15. The van der Waals surface area contributed by atoms with Gasteiger partial charge in [0.2, 0.25) is 10.0 Å². The lowest BCUT2D eigenvalue weighted by atomic mass is 9.93. The van der Waals surface area contributed by atoms with Crippen molar-refractivity contribution in [3.63, 3.8) is 0 Å². The first-order valence-electron chi connectivity index (χ1n) is 7.35. The number of hydrogen-bond donors (Lipinski definition) is 1. The molecule has 2 rings (SSSR count). The Bertz CT molecular complexity index is 696. The number of halogens is 1. The van der Waals surface area contributed by atoms with E-state index in [1.165, 1.54) is 23.5 Å². The number of piperidine rings is 1. The van der Waals surface area contributed by atoms with Crippen LogP contribution < -0.4 is 10.5 Å². The van der Waals surface area contributed by atoms with Gasteiger partial charge in [0.25, 0.3) is 5.69 Å². The van der Waals surface area contributed by atoms with E-state index >= 15 is 0 Å². The summed E-state index contributed by atoms with van der Waals surface area (Å²) in [5, 5.41) is 11.2. The lowest BCUT2D eigenvalue weighted by Gasteiger charge is -2.33. The molecule has 1 saturated heterocycles. The van der Waals surface area contributed by atoms with Gasteiger partial charge in [-0.25, -0.2) is 8.42 Å². The first-order valence-corrected chi connectivity index (χ1v) is 8.79. The van der Waals surface area contributed by atoms with Gasteiger partial charge in [-0.2, -0.15) is 4.31 Å².